The van der Waals surface area contributed by atoms with Crippen LogP contribution in [0.4, 0.5) is 0 Å². The number of fused-ring (bicyclic) bond motifs is 1. The quantitative estimate of drug-likeness (QED) is 0.799. The van der Waals surface area contributed by atoms with Gasteiger partial charge in [0.1, 0.15) is 5.56 Å². The van der Waals surface area contributed by atoms with Crippen LogP contribution in [0.1, 0.15) is 49.9 Å². The molecule has 0 bridgehead atoms. The normalized spacial score (nSPS) is 15.4. The van der Waals surface area contributed by atoms with E-state index < -0.39 is 0 Å². The van der Waals surface area contributed by atoms with Crippen molar-refractivity contribution in [2.24, 2.45) is 0 Å². The van der Waals surface area contributed by atoms with Gasteiger partial charge in [0.25, 0.3) is 5.56 Å². The molecule has 0 amide bonds. The highest BCUT2D eigenvalue weighted by molar-refractivity contribution is 5.66. The molecule has 1 saturated carbocycles. The molecule has 1 aromatic carbocycles. The van der Waals surface area contributed by atoms with Crippen molar-refractivity contribution in [1.29, 1.82) is 0 Å². The van der Waals surface area contributed by atoms with Gasteiger partial charge in [-0.15, -0.1) is 0 Å². The number of aromatic nitrogens is 4. The van der Waals surface area contributed by atoms with E-state index in [0.717, 1.165) is 41.9 Å². The highest BCUT2D eigenvalue weighted by atomic mass is 16.1. The van der Waals surface area contributed by atoms with Crippen LogP contribution in [0.25, 0.3) is 22.8 Å². The van der Waals surface area contributed by atoms with Crippen molar-refractivity contribution in [2.75, 3.05) is 0 Å². The van der Waals surface area contributed by atoms with Crippen LogP contribution in [0.5, 0.6) is 0 Å². The lowest BCUT2D eigenvalue weighted by atomic mass is 10.1. The summed E-state index contributed by atoms with van der Waals surface area (Å²) >= 11 is 0. The van der Waals surface area contributed by atoms with Crippen LogP contribution in [-0.4, -0.2) is 19.7 Å². The Hall–Kier alpha value is -2.43. The first-order valence-electron chi connectivity index (χ1n) is 8.76. The molecule has 0 saturated heterocycles. The monoisotopic (exact) mass is 322 g/mol. The molecular weight excluding hydrogens is 300 g/mol. The van der Waals surface area contributed by atoms with Crippen molar-refractivity contribution in [3.05, 3.63) is 45.9 Å². The molecule has 1 aliphatic carbocycles. The van der Waals surface area contributed by atoms with Gasteiger partial charge in [0.2, 0.25) is 0 Å². The third-order valence-corrected chi connectivity index (χ3v) is 5.07. The minimum absolute atomic E-state index is 0.178. The largest absolute Gasteiger partial charge is 0.300 e. The van der Waals surface area contributed by atoms with E-state index in [1.54, 1.807) is 0 Å². The van der Waals surface area contributed by atoms with Crippen LogP contribution in [0, 0.1) is 6.92 Å². The van der Waals surface area contributed by atoms with E-state index in [-0.39, 0.29) is 5.56 Å². The van der Waals surface area contributed by atoms with Crippen LogP contribution in [0.3, 0.4) is 0 Å². The first-order chi connectivity index (χ1) is 11.7. The lowest BCUT2D eigenvalue weighted by Crippen LogP contribution is -2.17. The topological polar surface area (TPSA) is 63.6 Å². The van der Waals surface area contributed by atoms with Crippen LogP contribution in [0.2, 0.25) is 0 Å². The predicted molar refractivity (Wildman–Crippen MR) is 94.3 cm³/mol. The minimum Gasteiger partial charge on any atom is -0.300 e. The van der Waals surface area contributed by atoms with E-state index in [1.165, 1.54) is 12.8 Å². The molecule has 0 atom stereocenters. The van der Waals surface area contributed by atoms with Crippen molar-refractivity contribution >= 4 is 0 Å². The molecule has 0 radical (unpaired) electrons. The van der Waals surface area contributed by atoms with Crippen molar-refractivity contribution < 1.29 is 0 Å². The van der Waals surface area contributed by atoms with Gasteiger partial charge in [0.15, 0.2) is 11.6 Å². The van der Waals surface area contributed by atoms with Gasteiger partial charge in [0.05, 0.1) is 6.04 Å². The molecule has 5 nitrogen and oxygen atoms in total. The SMILES string of the molecule is CCc1[nH]n(C2CCCC2)c2nc(-c3ccccc3C)nc(=O)c1-2. The summed E-state index contributed by atoms with van der Waals surface area (Å²) in [6.07, 6.45) is 5.53. The Balaban J connectivity index is 1.95. The molecule has 1 fully saturated rings. The van der Waals surface area contributed by atoms with Crippen LogP contribution in [0.15, 0.2) is 29.1 Å². The van der Waals surface area contributed by atoms with Gasteiger partial charge in [0, 0.05) is 11.3 Å². The van der Waals surface area contributed by atoms with Crippen molar-refractivity contribution in [3.63, 3.8) is 0 Å². The summed E-state index contributed by atoms with van der Waals surface area (Å²) < 4.78 is 2.12. The van der Waals surface area contributed by atoms with Gasteiger partial charge >= 0.3 is 0 Å². The Morgan fingerprint density at radius 2 is 1.96 bits per heavy atom. The Labute approximate surface area is 141 Å². The number of nitrogens with one attached hydrogen (secondary N) is 1. The average Bonchev–Trinajstić information content (AvgIpc) is 3.22. The molecule has 0 unspecified atom stereocenters. The van der Waals surface area contributed by atoms with Crippen molar-refractivity contribution in [1.82, 2.24) is 19.7 Å². The van der Waals surface area contributed by atoms with Crippen LogP contribution in [-0.2, 0) is 6.42 Å². The van der Waals surface area contributed by atoms with Gasteiger partial charge in [-0.05, 0) is 31.7 Å². The maximum Gasteiger partial charge on any atom is 0.284 e. The number of aromatic amines is 1. The zero-order valence-corrected chi connectivity index (χ0v) is 14.2. The van der Waals surface area contributed by atoms with E-state index >= 15 is 0 Å². The van der Waals surface area contributed by atoms with Crippen LogP contribution < -0.4 is 5.56 Å². The Bertz CT molecular complexity index is 902. The second kappa shape index (κ2) is 5.89. The second-order valence-electron chi connectivity index (χ2n) is 6.62. The Morgan fingerprint density at radius 1 is 1.21 bits per heavy atom. The number of aryl methyl sites for hydroxylation is 2. The number of benzene rings is 1. The highest BCUT2D eigenvalue weighted by Gasteiger charge is 2.27. The molecule has 0 spiro atoms. The molecule has 2 heterocycles. The number of H-pyrrole nitrogens is 1. The van der Waals surface area contributed by atoms with Gasteiger partial charge in [-0.1, -0.05) is 44.0 Å². The maximum absolute atomic E-state index is 12.7. The Kier molecular flexibility index (Phi) is 3.71. The summed E-state index contributed by atoms with van der Waals surface area (Å²) in [7, 11) is 0. The Morgan fingerprint density at radius 3 is 2.67 bits per heavy atom. The zero-order chi connectivity index (χ0) is 16.7. The van der Waals surface area contributed by atoms with Gasteiger partial charge < -0.3 is 0 Å². The number of hydrogen-bond acceptors (Lipinski definition) is 3. The fourth-order valence-electron chi connectivity index (χ4n) is 3.75. The molecule has 0 aromatic heterocycles. The summed E-state index contributed by atoms with van der Waals surface area (Å²) in [5.74, 6) is 1.29. The predicted octanol–water partition coefficient (Wildman–Crippen LogP) is 3.72. The summed E-state index contributed by atoms with van der Waals surface area (Å²) in [6.45, 7) is 4.08. The standard InChI is InChI=1S/C19H22N4O/c1-3-15-16-18(23(22-15)13-9-5-6-10-13)20-17(21-19(16)24)14-11-7-4-8-12(14)2/h4,7-8,11,13,22H,3,5-6,9-10H2,1-2H3. The lowest BCUT2D eigenvalue weighted by Gasteiger charge is -2.14. The van der Waals surface area contributed by atoms with E-state index in [1.807, 2.05) is 31.2 Å². The van der Waals surface area contributed by atoms with Gasteiger partial charge in [-0.2, -0.15) is 4.98 Å². The third kappa shape index (κ3) is 2.35. The van der Waals surface area contributed by atoms with Crippen LogP contribution >= 0.6 is 0 Å². The fourth-order valence-corrected chi connectivity index (χ4v) is 3.75. The molecule has 2 aliphatic heterocycles. The summed E-state index contributed by atoms with van der Waals surface area (Å²) in [6, 6.07) is 8.35. The van der Waals surface area contributed by atoms with Gasteiger partial charge in [-0.3, -0.25) is 14.6 Å². The van der Waals surface area contributed by atoms with Crippen molar-refractivity contribution in [3.8, 4) is 22.8 Å². The summed E-state index contributed by atoms with van der Waals surface area (Å²) in [4.78, 5) is 21.8. The first-order valence-corrected chi connectivity index (χ1v) is 8.76. The molecule has 4 rings (SSSR count). The number of hydrogen-bond donors (Lipinski definition) is 1. The molecular formula is C19H22N4O. The lowest BCUT2D eigenvalue weighted by molar-refractivity contribution is 0.464. The molecule has 124 valence electrons. The number of nitrogens with zero attached hydrogens (tertiary/aromatic N) is 3. The summed E-state index contributed by atoms with van der Waals surface area (Å²) in [5, 5.41) is 3.43. The molecule has 1 N–H and O–H groups in total. The smallest absolute Gasteiger partial charge is 0.284 e. The third-order valence-electron chi connectivity index (χ3n) is 5.07. The fraction of sp³-hybridized carbons (Fsp3) is 0.421. The average molecular weight is 322 g/mol. The van der Waals surface area contributed by atoms with Gasteiger partial charge in [-0.25, -0.2) is 4.98 Å². The second-order valence-corrected chi connectivity index (χ2v) is 6.62. The molecule has 24 heavy (non-hydrogen) atoms. The number of rotatable bonds is 3. The molecule has 5 heteroatoms. The van der Waals surface area contributed by atoms with Crippen molar-refractivity contribution in [2.45, 2.75) is 52.0 Å². The maximum atomic E-state index is 12.7. The molecule has 1 aromatic rings. The minimum atomic E-state index is -0.178. The molecule has 3 aliphatic rings. The highest BCUT2D eigenvalue weighted by Crippen LogP contribution is 2.34. The first kappa shape index (κ1) is 15.1. The van der Waals surface area contributed by atoms with E-state index in [2.05, 4.69) is 21.7 Å². The zero-order valence-electron chi connectivity index (χ0n) is 14.2. The van der Waals surface area contributed by atoms with E-state index in [4.69, 9.17) is 4.98 Å². The van der Waals surface area contributed by atoms with E-state index in [9.17, 15) is 4.79 Å². The summed E-state index contributed by atoms with van der Waals surface area (Å²) in [5.41, 5.74) is 3.42. The van der Waals surface area contributed by atoms with E-state index in [0.29, 0.717) is 17.4 Å².